The van der Waals surface area contributed by atoms with Crippen LogP contribution in [0.1, 0.15) is 22.2 Å². The minimum atomic E-state index is -0.0970. The number of likely N-dealkylation sites (N-methyl/N-ethyl adjacent to an activating group) is 1. The number of rotatable bonds is 5. The summed E-state index contributed by atoms with van der Waals surface area (Å²) in [7, 11) is 4.07. The van der Waals surface area contributed by atoms with Crippen molar-refractivity contribution in [2.75, 3.05) is 20.6 Å². The molecular formula is C14H18N3O2+. The van der Waals surface area contributed by atoms with Crippen molar-refractivity contribution in [3.05, 3.63) is 54.2 Å². The number of pyridine rings is 1. The summed E-state index contributed by atoms with van der Waals surface area (Å²) in [6.07, 6.45) is 4.86. The summed E-state index contributed by atoms with van der Waals surface area (Å²) in [5, 5.41) is 2.92. The number of nitrogens with zero attached hydrogens (tertiary/aromatic N) is 1. The van der Waals surface area contributed by atoms with Crippen molar-refractivity contribution in [1.82, 2.24) is 10.3 Å². The molecule has 0 aliphatic heterocycles. The highest BCUT2D eigenvalue weighted by molar-refractivity contribution is 5.93. The highest BCUT2D eigenvalue weighted by atomic mass is 16.3. The number of furan rings is 1. The number of hydrogen-bond donors (Lipinski definition) is 2. The maximum absolute atomic E-state index is 12.0. The Labute approximate surface area is 112 Å². The van der Waals surface area contributed by atoms with Gasteiger partial charge in [-0.1, -0.05) is 0 Å². The van der Waals surface area contributed by atoms with E-state index in [1.165, 1.54) is 4.90 Å². The summed E-state index contributed by atoms with van der Waals surface area (Å²) in [6.45, 7) is 0.525. The molecule has 0 aliphatic carbocycles. The Kier molecular flexibility index (Phi) is 4.30. The number of nitrogens with one attached hydrogen (secondary N) is 2. The molecule has 19 heavy (non-hydrogen) atoms. The number of quaternary nitrogens is 1. The summed E-state index contributed by atoms with van der Waals surface area (Å²) in [4.78, 5) is 17.1. The minimum absolute atomic E-state index is 0.0970. The van der Waals surface area contributed by atoms with Crippen molar-refractivity contribution in [2.24, 2.45) is 0 Å². The smallest absolute Gasteiger partial charge is 0.251 e. The van der Waals surface area contributed by atoms with E-state index in [9.17, 15) is 4.79 Å². The molecule has 0 aromatic carbocycles. The fourth-order valence-corrected chi connectivity index (χ4v) is 1.88. The molecule has 0 spiro atoms. The lowest BCUT2D eigenvalue weighted by Gasteiger charge is -2.19. The predicted octanol–water partition coefficient (Wildman–Crippen LogP) is 0.290. The molecule has 2 heterocycles. The molecule has 0 unspecified atom stereocenters. The van der Waals surface area contributed by atoms with E-state index in [0.717, 1.165) is 5.76 Å². The number of carbonyl (C=O) groups excluding carboxylic acids is 1. The zero-order valence-electron chi connectivity index (χ0n) is 11.1. The van der Waals surface area contributed by atoms with Crippen LogP contribution in [0, 0.1) is 0 Å². The van der Waals surface area contributed by atoms with Crippen LogP contribution in [0.15, 0.2) is 47.3 Å². The lowest BCUT2D eigenvalue weighted by molar-refractivity contribution is -0.891. The fraction of sp³-hybridized carbons (Fsp3) is 0.286. The van der Waals surface area contributed by atoms with Gasteiger partial charge in [0.25, 0.3) is 5.91 Å². The predicted molar refractivity (Wildman–Crippen MR) is 70.8 cm³/mol. The highest BCUT2D eigenvalue weighted by Gasteiger charge is 2.21. The molecule has 0 saturated carbocycles. The van der Waals surface area contributed by atoms with Crippen molar-refractivity contribution in [3.63, 3.8) is 0 Å². The van der Waals surface area contributed by atoms with Gasteiger partial charge < -0.3 is 14.6 Å². The summed E-state index contributed by atoms with van der Waals surface area (Å²) >= 11 is 0. The van der Waals surface area contributed by atoms with E-state index in [1.54, 1.807) is 30.8 Å². The molecule has 0 aliphatic rings. The first-order chi connectivity index (χ1) is 9.18. The van der Waals surface area contributed by atoms with Gasteiger partial charge in [0.15, 0.2) is 11.8 Å². The maximum Gasteiger partial charge on any atom is 0.251 e. The van der Waals surface area contributed by atoms with Crippen LogP contribution in [0.25, 0.3) is 0 Å². The molecule has 2 aromatic heterocycles. The van der Waals surface area contributed by atoms with E-state index in [-0.39, 0.29) is 11.9 Å². The molecular weight excluding hydrogens is 242 g/mol. The summed E-state index contributed by atoms with van der Waals surface area (Å²) in [5.41, 5.74) is 0.613. The zero-order chi connectivity index (χ0) is 13.7. The van der Waals surface area contributed by atoms with E-state index < -0.39 is 0 Å². The van der Waals surface area contributed by atoms with Crippen LogP contribution in [0.5, 0.6) is 0 Å². The van der Waals surface area contributed by atoms with Gasteiger partial charge in [-0.25, -0.2) is 0 Å². The van der Waals surface area contributed by atoms with E-state index in [0.29, 0.717) is 12.1 Å². The van der Waals surface area contributed by atoms with Crippen LogP contribution < -0.4 is 10.2 Å². The molecule has 5 nitrogen and oxygen atoms in total. The molecule has 1 atom stereocenters. The second kappa shape index (κ2) is 6.15. The third-order valence-corrected chi connectivity index (χ3v) is 2.99. The van der Waals surface area contributed by atoms with Crippen LogP contribution in [0.2, 0.25) is 0 Å². The van der Waals surface area contributed by atoms with Gasteiger partial charge in [0, 0.05) is 18.0 Å². The lowest BCUT2D eigenvalue weighted by Crippen LogP contribution is -3.07. The minimum Gasteiger partial charge on any atom is -0.463 e. The Morgan fingerprint density at radius 3 is 2.68 bits per heavy atom. The highest BCUT2D eigenvalue weighted by Crippen LogP contribution is 2.09. The molecule has 2 rings (SSSR count). The van der Waals surface area contributed by atoms with Crippen molar-refractivity contribution in [1.29, 1.82) is 0 Å². The summed E-state index contributed by atoms with van der Waals surface area (Å²) < 4.78 is 5.41. The monoisotopic (exact) mass is 260 g/mol. The average molecular weight is 260 g/mol. The topological polar surface area (TPSA) is 59.6 Å². The standard InChI is InChI=1S/C14H17N3O2/c1-17(2)12(13-4-3-9-19-13)10-16-14(18)11-5-7-15-8-6-11/h3-9,12H,10H2,1-2H3,(H,16,18)/p+1/t12-/m1/s1. The number of carbonyl (C=O) groups is 1. The molecule has 2 N–H and O–H groups in total. The molecule has 1 amide bonds. The van der Waals surface area contributed by atoms with Gasteiger partial charge in [0.05, 0.1) is 26.9 Å². The number of aromatic nitrogens is 1. The molecule has 0 saturated heterocycles. The molecule has 100 valence electrons. The molecule has 2 aromatic rings. The third-order valence-electron chi connectivity index (χ3n) is 2.99. The number of hydrogen-bond acceptors (Lipinski definition) is 3. The second-order valence-electron chi connectivity index (χ2n) is 4.59. The SMILES string of the molecule is C[NH+](C)[C@H](CNC(=O)c1ccncc1)c1ccco1. The summed E-state index contributed by atoms with van der Waals surface area (Å²) in [5.74, 6) is 0.773. The quantitative estimate of drug-likeness (QED) is 0.812. The van der Waals surface area contributed by atoms with E-state index in [2.05, 4.69) is 10.3 Å². The molecule has 0 fully saturated rings. The third kappa shape index (κ3) is 3.42. The van der Waals surface area contributed by atoms with Gasteiger partial charge in [-0.15, -0.1) is 0 Å². The van der Waals surface area contributed by atoms with Crippen molar-refractivity contribution >= 4 is 5.91 Å². The lowest BCUT2D eigenvalue weighted by atomic mass is 10.2. The van der Waals surface area contributed by atoms with Gasteiger partial charge in [-0.05, 0) is 24.3 Å². The summed E-state index contributed by atoms with van der Waals surface area (Å²) in [6, 6.07) is 7.27. The molecule has 5 heteroatoms. The first-order valence-electron chi connectivity index (χ1n) is 6.20. The van der Waals surface area contributed by atoms with Gasteiger partial charge >= 0.3 is 0 Å². The molecule has 0 bridgehead atoms. The van der Waals surface area contributed by atoms with Crippen LogP contribution in [0.4, 0.5) is 0 Å². The van der Waals surface area contributed by atoms with E-state index in [4.69, 9.17) is 4.42 Å². The Balaban J connectivity index is 1.98. The van der Waals surface area contributed by atoms with Gasteiger partial charge in [0.1, 0.15) is 0 Å². The van der Waals surface area contributed by atoms with Gasteiger partial charge in [-0.3, -0.25) is 9.78 Å². The first-order valence-corrected chi connectivity index (χ1v) is 6.20. The van der Waals surface area contributed by atoms with Crippen LogP contribution in [0.3, 0.4) is 0 Å². The van der Waals surface area contributed by atoms with Crippen molar-refractivity contribution in [3.8, 4) is 0 Å². The van der Waals surface area contributed by atoms with Gasteiger partial charge in [-0.2, -0.15) is 0 Å². The zero-order valence-corrected chi connectivity index (χ0v) is 11.1. The van der Waals surface area contributed by atoms with Crippen molar-refractivity contribution < 1.29 is 14.1 Å². The molecule has 0 radical (unpaired) electrons. The normalized spacial score (nSPS) is 12.4. The Morgan fingerprint density at radius 1 is 1.37 bits per heavy atom. The van der Waals surface area contributed by atoms with E-state index >= 15 is 0 Å². The second-order valence-corrected chi connectivity index (χ2v) is 4.59. The van der Waals surface area contributed by atoms with Crippen LogP contribution in [-0.2, 0) is 0 Å². The average Bonchev–Trinajstić information content (AvgIpc) is 2.93. The maximum atomic E-state index is 12.0. The Bertz CT molecular complexity index is 509. The van der Waals surface area contributed by atoms with Crippen LogP contribution in [-0.4, -0.2) is 31.5 Å². The van der Waals surface area contributed by atoms with Crippen LogP contribution >= 0.6 is 0 Å². The van der Waals surface area contributed by atoms with E-state index in [1.807, 2.05) is 26.2 Å². The first kappa shape index (κ1) is 13.3. The van der Waals surface area contributed by atoms with Gasteiger partial charge in [0.2, 0.25) is 0 Å². The Morgan fingerprint density at radius 2 is 2.11 bits per heavy atom. The number of amides is 1. The fourth-order valence-electron chi connectivity index (χ4n) is 1.88. The van der Waals surface area contributed by atoms with Crippen molar-refractivity contribution in [2.45, 2.75) is 6.04 Å². The Hall–Kier alpha value is -2.14. The largest absolute Gasteiger partial charge is 0.463 e.